The highest BCUT2D eigenvalue weighted by Crippen LogP contribution is 2.32. The second kappa shape index (κ2) is 8.42. The number of carbonyl (C=O) groups is 1. The van der Waals surface area contributed by atoms with Gasteiger partial charge < -0.3 is 19.5 Å². The van der Waals surface area contributed by atoms with E-state index in [1.807, 2.05) is 30.3 Å². The number of nitrogens with one attached hydrogen (secondary N) is 1. The van der Waals surface area contributed by atoms with Gasteiger partial charge in [-0.05, 0) is 48.4 Å². The van der Waals surface area contributed by atoms with E-state index in [-0.39, 0.29) is 12.7 Å². The summed E-state index contributed by atoms with van der Waals surface area (Å²) in [7, 11) is 0. The highest BCUT2D eigenvalue weighted by molar-refractivity contribution is 5.94. The summed E-state index contributed by atoms with van der Waals surface area (Å²) in [6, 6.07) is 12.9. The summed E-state index contributed by atoms with van der Waals surface area (Å²) < 4.78 is 16.3. The van der Waals surface area contributed by atoms with Gasteiger partial charge in [0, 0.05) is 12.1 Å². The van der Waals surface area contributed by atoms with E-state index >= 15 is 0 Å². The third-order valence-electron chi connectivity index (χ3n) is 4.02. The molecule has 0 fully saturated rings. The van der Waals surface area contributed by atoms with Crippen LogP contribution in [-0.4, -0.2) is 19.3 Å². The topological polar surface area (TPSA) is 56.8 Å². The van der Waals surface area contributed by atoms with E-state index in [0.717, 1.165) is 29.2 Å². The Morgan fingerprint density at radius 1 is 1.08 bits per heavy atom. The summed E-state index contributed by atoms with van der Waals surface area (Å²) in [4.78, 5) is 12.3. The maximum atomic E-state index is 12.3. The number of hydrogen-bond acceptors (Lipinski definition) is 4. The molecule has 0 unspecified atom stereocenters. The summed E-state index contributed by atoms with van der Waals surface area (Å²) in [5, 5.41) is 2.91. The Morgan fingerprint density at radius 3 is 2.68 bits per heavy atom. The lowest BCUT2D eigenvalue weighted by Crippen LogP contribution is -2.22. The third kappa shape index (κ3) is 4.66. The molecular formula is C20H23NO4. The monoisotopic (exact) mass is 341 g/mol. The van der Waals surface area contributed by atoms with Crippen LogP contribution in [-0.2, 0) is 6.54 Å². The van der Waals surface area contributed by atoms with Gasteiger partial charge in [-0.2, -0.15) is 0 Å². The smallest absolute Gasteiger partial charge is 0.251 e. The van der Waals surface area contributed by atoms with Gasteiger partial charge in [0.25, 0.3) is 5.91 Å². The van der Waals surface area contributed by atoms with Crippen molar-refractivity contribution in [3.63, 3.8) is 0 Å². The highest BCUT2D eigenvalue weighted by atomic mass is 16.7. The largest absolute Gasteiger partial charge is 0.494 e. The van der Waals surface area contributed by atoms with Crippen molar-refractivity contribution in [2.75, 3.05) is 13.4 Å². The van der Waals surface area contributed by atoms with Gasteiger partial charge in [-0.25, -0.2) is 0 Å². The van der Waals surface area contributed by atoms with Gasteiger partial charge in [-0.1, -0.05) is 25.8 Å². The van der Waals surface area contributed by atoms with Gasteiger partial charge in [-0.3, -0.25) is 4.79 Å². The lowest BCUT2D eigenvalue weighted by molar-refractivity contribution is 0.0951. The Kier molecular flexibility index (Phi) is 5.77. The van der Waals surface area contributed by atoms with E-state index in [9.17, 15) is 4.79 Å². The van der Waals surface area contributed by atoms with E-state index in [2.05, 4.69) is 12.2 Å². The molecule has 0 aliphatic carbocycles. The first kappa shape index (κ1) is 17.1. The summed E-state index contributed by atoms with van der Waals surface area (Å²) >= 11 is 0. The van der Waals surface area contributed by atoms with Gasteiger partial charge >= 0.3 is 0 Å². The minimum atomic E-state index is -0.116. The van der Waals surface area contributed by atoms with Crippen LogP contribution >= 0.6 is 0 Å². The number of ether oxygens (including phenoxy) is 3. The first-order valence-electron chi connectivity index (χ1n) is 8.66. The fourth-order valence-electron chi connectivity index (χ4n) is 2.58. The van der Waals surface area contributed by atoms with Crippen molar-refractivity contribution < 1.29 is 19.0 Å². The number of fused-ring (bicyclic) bond motifs is 1. The fourth-order valence-corrected chi connectivity index (χ4v) is 2.58. The van der Waals surface area contributed by atoms with Crippen LogP contribution in [0.1, 0.15) is 42.1 Å². The average molecular weight is 341 g/mol. The fraction of sp³-hybridized carbons (Fsp3) is 0.350. The summed E-state index contributed by atoms with van der Waals surface area (Å²) in [5.41, 5.74) is 1.58. The van der Waals surface area contributed by atoms with Crippen LogP contribution < -0.4 is 19.5 Å². The zero-order chi connectivity index (χ0) is 17.5. The van der Waals surface area contributed by atoms with Crippen molar-refractivity contribution in [1.29, 1.82) is 0 Å². The Balaban J connectivity index is 1.49. The summed E-state index contributed by atoms with van der Waals surface area (Å²) in [5.74, 6) is 2.14. The van der Waals surface area contributed by atoms with Gasteiger partial charge in [-0.15, -0.1) is 0 Å². The normalized spacial score (nSPS) is 12.0. The molecule has 0 saturated heterocycles. The standard InChI is InChI=1S/C20H23NO4/c1-2-3-4-11-23-17-8-6-16(7-9-17)20(22)21-13-15-5-10-18-19(12-15)25-14-24-18/h5-10,12H,2-4,11,13-14H2,1H3,(H,21,22). The van der Waals surface area contributed by atoms with Gasteiger partial charge in [0.2, 0.25) is 6.79 Å². The molecule has 3 rings (SSSR count). The third-order valence-corrected chi connectivity index (χ3v) is 4.02. The first-order valence-corrected chi connectivity index (χ1v) is 8.66. The highest BCUT2D eigenvalue weighted by Gasteiger charge is 2.13. The van der Waals surface area contributed by atoms with Crippen molar-refractivity contribution in [2.24, 2.45) is 0 Å². The number of carbonyl (C=O) groups excluding carboxylic acids is 1. The molecule has 2 aromatic rings. The Bertz CT molecular complexity index is 712. The molecule has 0 bridgehead atoms. The van der Waals surface area contributed by atoms with Crippen molar-refractivity contribution in [1.82, 2.24) is 5.32 Å². The number of hydrogen-bond donors (Lipinski definition) is 1. The lowest BCUT2D eigenvalue weighted by atomic mass is 10.1. The molecule has 1 heterocycles. The number of rotatable bonds is 8. The molecule has 1 aliphatic rings. The molecule has 0 aromatic heterocycles. The quantitative estimate of drug-likeness (QED) is 0.740. The average Bonchev–Trinajstić information content (AvgIpc) is 3.11. The molecule has 1 N–H and O–H groups in total. The molecule has 5 nitrogen and oxygen atoms in total. The molecule has 0 radical (unpaired) electrons. The molecule has 0 spiro atoms. The number of unbranched alkanes of at least 4 members (excludes halogenated alkanes) is 2. The molecule has 1 amide bonds. The van der Waals surface area contributed by atoms with Crippen molar-refractivity contribution in [3.05, 3.63) is 53.6 Å². The summed E-state index contributed by atoms with van der Waals surface area (Å²) in [6.07, 6.45) is 3.39. The van der Waals surface area contributed by atoms with E-state index in [4.69, 9.17) is 14.2 Å². The van der Waals surface area contributed by atoms with Crippen molar-refractivity contribution in [3.8, 4) is 17.2 Å². The maximum Gasteiger partial charge on any atom is 0.251 e. The molecule has 132 valence electrons. The first-order chi connectivity index (χ1) is 12.3. The van der Waals surface area contributed by atoms with Crippen LogP contribution in [0.5, 0.6) is 17.2 Å². The zero-order valence-electron chi connectivity index (χ0n) is 14.4. The molecule has 0 atom stereocenters. The molecule has 0 saturated carbocycles. The molecule has 25 heavy (non-hydrogen) atoms. The van der Waals surface area contributed by atoms with E-state index in [0.29, 0.717) is 18.7 Å². The molecule has 2 aromatic carbocycles. The zero-order valence-corrected chi connectivity index (χ0v) is 14.4. The van der Waals surface area contributed by atoms with Crippen molar-refractivity contribution in [2.45, 2.75) is 32.7 Å². The molecular weight excluding hydrogens is 318 g/mol. The minimum absolute atomic E-state index is 0.116. The number of benzene rings is 2. The van der Waals surface area contributed by atoms with Crippen LogP contribution in [0.15, 0.2) is 42.5 Å². The van der Waals surface area contributed by atoms with Crippen LogP contribution in [0.4, 0.5) is 0 Å². The van der Waals surface area contributed by atoms with Gasteiger partial charge in [0.1, 0.15) is 5.75 Å². The predicted octanol–water partition coefficient (Wildman–Crippen LogP) is 3.91. The Hall–Kier alpha value is -2.69. The second-order valence-electron chi connectivity index (χ2n) is 5.95. The minimum Gasteiger partial charge on any atom is -0.494 e. The molecule has 5 heteroatoms. The van der Waals surface area contributed by atoms with Crippen LogP contribution in [0.25, 0.3) is 0 Å². The SMILES string of the molecule is CCCCCOc1ccc(C(=O)NCc2ccc3c(c2)OCO3)cc1. The number of amides is 1. The van der Waals surface area contributed by atoms with E-state index in [1.165, 1.54) is 12.8 Å². The van der Waals surface area contributed by atoms with E-state index < -0.39 is 0 Å². The second-order valence-corrected chi connectivity index (χ2v) is 5.95. The van der Waals surface area contributed by atoms with Crippen molar-refractivity contribution >= 4 is 5.91 Å². The molecule has 1 aliphatic heterocycles. The van der Waals surface area contributed by atoms with E-state index in [1.54, 1.807) is 12.1 Å². The van der Waals surface area contributed by atoms with Gasteiger partial charge in [0.15, 0.2) is 11.5 Å². The van der Waals surface area contributed by atoms with Crippen LogP contribution in [0.3, 0.4) is 0 Å². The van der Waals surface area contributed by atoms with Gasteiger partial charge in [0.05, 0.1) is 6.61 Å². The summed E-state index contributed by atoms with van der Waals surface area (Å²) in [6.45, 7) is 3.56. The Morgan fingerprint density at radius 2 is 1.88 bits per heavy atom. The van der Waals surface area contributed by atoms with Crippen LogP contribution in [0.2, 0.25) is 0 Å². The van der Waals surface area contributed by atoms with Crippen LogP contribution in [0, 0.1) is 0 Å². The maximum absolute atomic E-state index is 12.3. The Labute approximate surface area is 147 Å². The lowest BCUT2D eigenvalue weighted by Gasteiger charge is -2.08. The predicted molar refractivity (Wildman–Crippen MR) is 95.2 cm³/mol.